The van der Waals surface area contributed by atoms with Crippen molar-refractivity contribution in [2.45, 2.75) is 0 Å². The van der Waals surface area contributed by atoms with E-state index in [2.05, 4.69) is 216 Å². The lowest BCUT2D eigenvalue weighted by Gasteiger charge is -2.31. The first kappa shape index (κ1) is 29.5. The molecule has 1 heterocycles. The summed E-state index contributed by atoms with van der Waals surface area (Å²) in [7, 11) is 0. The molecule has 0 aliphatic heterocycles. The number of nitrogens with zero attached hydrogens (tertiary/aromatic N) is 2. The fourth-order valence-electron chi connectivity index (χ4n) is 7.28. The molecule has 0 atom stereocenters. The van der Waals surface area contributed by atoms with Gasteiger partial charge < -0.3 is 9.47 Å². The fourth-order valence-corrected chi connectivity index (χ4v) is 7.28. The van der Waals surface area contributed by atoms with Crippen LogP contribution in [0.5, 0.6) is 0 Å². The van der Waals surface area contributed by atoms with Gasteiger partial charge in [0.15, 0.2) is 0 Å². The number of para-hydroxylation sites is 3. The predicted molar refractivity (Wildman–Crippen MR) is 212 cm³/mol. The van der Waals surface area contributed by atoms with Gasteiger partial charge in [0.1, 0.15) is 0 Å². The SMILES string of the molecule is c1ccc(-c2ccc(N(c3ccc4c5ccccc5n(-c5ccccc5)c4c3)c3c(-c4ccccc4)cccc3-c3ccccc3)cc2)cc1. The Labute approximate surface area is 292 Å². The lowest BCUT2D eigenvalue weighted by atomic mass is 9.94. The number of anilines is 3. The first-order valence-electron chi connectivity index (χ1n) is 17.1. The van der Waals surface area contributed by atoms with Gasteiger partial charge in [-0.05, 0) is 64.7 Å². The van der Waals surface area contributed by atoms with E-state index >= 15 is 0 Å². The first-order valence-corrected chi connectivity index (χ1v) is 17.1. The van der Waals surface area contributed by atoms with E-state index in [1.165, 1.54) is 55.2 Å². The zero-order valence-corrected chi connectivity index (χ0v) is 27.5. The normalized spacial score (nSPS) is 11.2. The zero-order chi connectivity index (χ0) is 33.3. The van der Waals surface area contributed by atoms with Crippen LogP contribution in [0, 0.1) is 0 Å². The second-order valence-corrected chi connectivity index (χ2v) is 12.6. The second kappa shape index (κ2) is 12.8. The van der Waals surface area contributed by atoms with Crippen LogP contribution in [0.4, 0.5) is 17.1 Å². The van der Waals surface area contributed by atoms with Crippen molar-refractivity contribution in [1.82, 2.24) is 4.57 Å². The quantitative estimate of drug-likeness (QED) is 0.169. The van der Waals surface area contributed by atoms with Crippen molar-refractivity contribution in [3.63, 3.8) is 0 Å². The molecule has 0 N–H and O–H groups in total. The van der Waals surface area contributed by atoms with Gasteiger partial charge in [-0.25, -0.2) is 0 Å². The highest BCUT2D eigenvalue weighted by Crippen LogP contribution is 2.48. The molecule has 0 radical (unpaired) electrons. The van der Waals surface area contributed by atoms with Gasteiger partial charge in [-0.2, -0.15) is 0 Å². The van der Waals surface area contributed by atoms with Gasteiger partial charge in [0.05, 0.1) is 16.7 Å². The minimum atomic E-state index is 1.09. The number of aromatic nitrogens is 1. The van der Waals surface area contributed by atoms with Gasteiger partial charge in [0, 0.05) is 39.0 Å². The largest absolute Gasteiger partial charge is 0.309 e. The molecule has 0 aliphatic rings. The molecule has 0 unspecified atom stereocenters. The predicted octanol–water partition coefficient (Wildman–Crippen LogP) is 13.3. The van der Waals surface area contributed by atoms with Gasteiger partial charge in [0.25, 0.3) is 0 Å². The van der Waals surface area contributed by atoms with Crippen molar-refractivity contribution in [2.24, 2.45) is 0 Å². The molecule has 2 nitrogen and oxygen atoms in total. The first-order chi connectivity index (χ1) is 24.8. The number of hydrogen-bond acceptors (Lipinski definition) is 1. The third kappa shape index (κ3) is 5.24. The van der Waals surface area contributed by atoms with Crippen molar-refractivity contribution in [3.8, 4) is 39.1 Å². The summed E-state index contributed by atoms with van der Waals surface area (Å²) >= 11 is 0. The van der Waals surface area contributed by atoms with Crippen LogP contribution in [0.25, 0.3) is 60.9 Å². The van der Waals surface area contributed by atoms with Crippen LogP contribution in [-0.2, 0) is 0 Å². The highest BCUT2D eigenvalue weighted by Gasteiger charge is 2.23. The number of benzene rings is 8. The fraction of sp³-hybridized carbons (Fsp3) is 0. The maximum Gasteiger partial charge on any atom is 0.0618 e. The third-order valence-corrected chi connectivity index (χ3v) is 9.59. The minimum Gasteiger partial charge on any atom is -0.309 e. The molecule has 9 rings (SSSR count). The van der Waals surface area contributed by atoms with E-state index in [1.54, 1.807) is 0 Å². The summed E-state index contributed by atoms with van der Waals surface area (Å²) in [6.07, 6.45) is 0. The van der Waals surface area contributed by atoms with Gasteiger partial charge in [0.2, 0.25) is 0 Å². The molecular weight excluding hydrogens is 605 g/mol. The number of hydrogen-bond donors (Lipinski definition) is 0. The van der Waals surface area contributed by atoms with Gasteiger partial charge >= 0.3 is 0 Å². The van der Waals surface area contributed by atoms with E-state index in [0.29, 0.717) is 0 Å². The molecule has 0 bridgehead atoms. The Morgan fingerprint density at radius 3 is 1.42 bits per heavy atom. The van der Waals surface area contributed by atoms with Gasteiger partial charge in [-0.15, -0.1) is 0 Å². The van der Waals surface area contributed by atoms with Gasteiger partial charge in [-0.3, -0.25) is 0 Å². The second-order valence-electron chi connectivity index (χ2n) is 12.6. The Morgan fingerprint density at radius 2 is 0.800 bits per heavy atom. The Hall–Kier alpha value is -6.64. The Kier molecular flexibility index (Phi) is 7.53. The van der Waals surface area contributed by atoms with Crippen LogP contribution in [0.3, 0.4) is 0 Å². The molecule has 50 heavy (non-hydrogen) atoms. The maximum atomic E-state index is 2.45. The van der Waals surface area contributed by atoms with Crippen LogP contribution >= 0.6 is 0 Å². The maximum absolute atomic E-state index is 2.45. The van der Waals surface area contributed by atoms with Crippen LogP contribution in [0.1, 0.15) is 0 Å². The van der Waals surface area contributed by atoms with Crippen molar-refractivity contribution in [3.05, 3.63) is 206 Å². The Morgan fingerprint density at radius 1 is 0.320 bits per heavy atom. The van der Waals surface area contributed by atoms with E-state index in [1.807, 2.05) is 0 Å². The van der Waals surface area contributed by atoms with Crippen LogP contribution in [0.15, 0.2) is 206 Å². The molecule has 0 aliphatic carbocycles. The molecule has 8 aromatic carbocycles. The molecule has 2 heteroatoms. The number of fused-ring (bicyclic) bond motifs is 3. The van der Waals surface area contributed by atoms with Crippen molar-refractivity contribution in [2.75, 3.05) is 4.90 Å². The molecule has 0 spiro atoms. The van der Waals surface area contributed by atoms with Gasteiger partial charge in [-0.1, -0.05) is 164 Å². The lowest BCUT2D eigenvalue weighted by Crippen LogP contribution is -2.13. The minimum absolute atomic E-state index is 1.09. The van der Waals surface area contributed by atoms with Crippen LogP contribution in [-0.4, -0.2) is 4.57 Å². The average Bonchev–Trinajstić information content (AvgIpc) is 3.53. The molecule has 0 amide bonds. The lowest BCUT2D eigenvalue weighted by molar-refractivity contribution is 1.18. The topological polar surface area (TPSA) is 8.17 Å². The van der Waals surface area contributed by atoms with E-state index < -0.39 is 0 Å². The van der Waals surface area contributed by atoms with E-state index in [4.69, 9.17) is 0 Å². The average molecular weight is 639 g/mol. The molecule has 0 fully saturated rings. The highest BCUT2D eigenvalue weighted by molar-refractivity contribution is 6.11. The Balaban J connectivity index is 1.35. The number of rotatable bonds is 7. The van der Waals surface area contributed by atoms with E-state index in [0.717, 1.165) is 22.7 Å². The summed E-state index contributed by atoms with van der Waals surface area (Å²) in [6, 6.07) is 74.1. The third-order valence-electron chi connectivity index (χ3n) is 9.59. The van der Waals surface area contributed by atoms with E-state index in [-0.39, 0.29) is 0 Å². The molecule has 1 aromatic heterocycles. The molecule has 9 aromatic rings. The summed E-state index contributed by atoms with van der Waals surface area (Å²) in [4.78, 5) is 2.45. The molecular formula is C48H34N2. The van der Waals surface area contributed by atoms with Crippen molar-refractivity contribution in [1.29, 1.82) is 0 Å². The zero-order valence-electron chi connectivity index (χ0n) is 27.5. The smallest absolute Gasteiger partial charge is 0.0618 e. The molecule has 0 saturated carbocycles. The molecule has 0 saturated heterocycles. The highest BCUT2D eigenvalue weighted by atomic mass is 15.1. The van der Waals surface area contributed by atoms with Crippen molar-refractivity contribution < 1.29 is 0 Å². The van der Waals surface area contributed by atoms with Crippen LogP contribution < -0.4 is 4.90 Å². The summed E-state index contributed by atoms with van der Waals surface area (Å²) in [5.74, 6) is 0. The van der Waals surface area contributed by atoms with E-state index in [9.17, 15) is 0 Å². The van der Waals surface area contributed by atoms with Crippen molar-refractivity contribution >= 4 is 38.9 Å². The summed E-state index contributed by atoms with van der Waals surface area (Å²) in [5.41, 5.74) is 13.9. The monoisotopic (exact) mass is 638 g/mol. The summed E-state index contributed by atoms with van der Waals surface area (Å²) in [6.45, 7) is 0. The standard InChI is InChI=1S/C48H34N2/c1-5-16-35(17-6-1)36-28-30-40(31-29-36)49(48-42(37-18-7-2-8-19-37)25-15-26-43(48)38-20-9-3-10-21-38)41-32-33-45-44-24-13-14-27-46(44)50(47(45)34-41)39-22-11-4-12-23-39/h1-34H. The summed E-state index contributed by atoms with van der Waals surface area (Å²) < 4.78 is 2.39. The Bertz CT molecular complexity index is 2500. The van der Waals surface area contributed by atoms with Crippen LogP contribution in [0.2, 0.25) is 0 Å². The molecule has 236 valence electrons. The summed E-state index contributed by atoms with van der Waals surface area (Å²) in [5, 5.41) is 2.47.